The standard InChI is InChI=1S/C26H47N5O4Si2/c1-12-14-26(17-33-36(8,9)24(2,3)4)20(35-37(10,11)25(5,6)7)16-22(34-26)30-15-13-21(29-23(30)32)31-19-27-18-28-31/h13,15,18-20,22H,12,14,16-17H2,1-11H3/t20?,22-,26?/m1/s1. The summed E-state index contributed by atoms with van der Waals surface area (Å²) in [7, 11) is -4.18. The van der Waals surface area contributed by atoms with Gasteiger partial charge in [0, 0.05) is 12.6 Å². The predicted octanol–water partition coefficient (Wildman–Crippen LogP) is 5.69. The third kappa shape index (κ3) is 6.32. The van der Waals surface area contributed by atoms with Crippen LogP contribution in [0.1, 0.15) is 74.0 Å². The molecule has 3 heterocycles. The molecule has 3 atom stereocenters. The minimum Gasteiger partial charge on any atom is -0.414 e. The zero-order chi connectivity index (χ0) is 27.9. The minimum atomic E-state index is -2.13. The van der Waals surface area contributed by atoms with Crippen molar-refractivity contribution in [3.05, 3.63) is 35.4 Å². The van der Waals surface area contributed by atoms with Gasteiger partial charge in [0.2, 0.25) is 0 Å². The number of aromatic nitrogens is 5. The number of ether oxygens (including phenoxy) is 1. The highest BCUT2D eigenvalue weighted by molar-refractivity contribution is 6.74. The zero-order valence-corrected chi connectivity index (χ0v) is 26.7. The Bertz CT molecular complexity index is 1110. The summed E-state index contributed by atoms with van der Waals surface area (Å²) in [5, 5.41) is 4.20. The summed E-state index contributed by atoms with van der Waals surface area (Å²) in [6, 6.07) is 1.76. The van der Waals surface area contributed by atoms with Gasteiger partial charge in [-0.3, -0.25) is 4.57 Å². The van der Waals surface area contributed by atoms with E-state index in [-0.39, 0.29) is 21.9 Å². The molecule has 1 aliphatic heterocycles. The fourth-order valence-corrected chi connectivity index (χ4v) is 6.50. The molecule has 1 fully saturated rings. The molecule has 0 spiro atoms. The zero-order valence-electron chi connectivity index (χ0n) is 24.7. The van der Waals surface area contributed by atoms with Crippen LogP contribution in [-0.2, 0) is 13.6 Å². The molecule has 0 amide bonds. The van der Waals surface area contributed by atoms with Crippen molar-refractivity contribution in [2.45, 2.75) is 122 Å². The molecule has 3 rings (SSSR count). The highest BCUT2D eigenvalue weighted by Crippen LogP contribution is 2.47. The van der Waals surface area contributed by atoms with Crippen LogP contribution in [0, 0.1) is 0 Å². The Kier molecular flexibility index (Phi) is 8.46. The number of rotatable bonds is 9. The molecule has 2 aromatic rings. The Morgan fingerprint density at radius 3 is 2.27 bits per heavy atom. The van der Waals surface area contributed by atoms with Gasteiger partial charge >= 0.3 is 5.69 Å². The van der Waals surface area contributed by atoms with Crippen molar-refractivity contribution in [1.29, 1.82) is 0 Å². The Morgan fingerprint density at radius 2 is 1.76 bits per heavy atom. The average Bonchev–Trinajstić information content (AvgIpc) is 3.40. The maximum absolute atomic E-state index is 13.1. The Balaban J connectivity index is 1.99. The molecule has 1 saturated heterocycles. The number of hydrogen-bond donors (Lipinski definition) is 0. The Labute approximate surface area is 224 Å². The third-order valence-electron chi connectivity index (χ3n) is 8.55. The van der Waals surface area contributed by atoms with Crippen molar-refractivity contribution >= 4 is 16.6 Å². The first-order chi connectivity index (χ1) is 16.9. The van der Waals surface area contributed by atoms with Crippen LogP contribution in [0.15, 0.2) is 29.7 Å². The van der Waals surface area contributed by atoms with Gasteiger partial charge in [0.25, 0.3) is 0 Å². The minimum absolute atomic E-state index is 0.0428. The fraction of sp³-hybridized carbons (Fsp3) is 0.769. The Morgan fingerprint density at radius 1 is 1.11 bits per heavy atom. The van der Waals surface area contributed by atoms with Gasteiger partial charge in [-0.25, -0.2) is 14.5 Å². The van der Waals surface area contributed by atoms with E-state index in [0.717, 1.165) is 12.8 Å². The van der Waals surface area contributed by atoms with E-state index in [2.05, 4.69) is 89.7 Å². The largest absolute Gasteiger partial charge is 0.414 e. The molecule has 2 aromatic heterocycles. The lowest BCUT2D eigenvalue weighted by Crippen LogP contribution is -2.54. The van der Waals surface area contributed by atoms with E-state index >= 15 is 0 Å². The number of hydrogen-bond acceptors (Lipinski definition) is 7. The van der Waals surface area contributed by atoms with E-state index in [9.17, 15) is 4.79 Å². The lowest BCUT2D eigenvalue weighted by Gasteiger charge is -2.45. The van der Waals surface area contributed by atoms with Gasteiger partial charge in [0.05, 0.1) is 12.7 Å². The van der Waals surface area contributed by atoms with Gasteiger partial charge in [-0.1, -0.05) is 54.9 Å². The van der Waals surface area contributed by atoms with E-state index in [4.69, 9.17) is 13.6 Å². The van der Waals surface area contributed by atoms with Gasteiger partial charge < -0.3 is 13.6 Å². The second-order valence-corrected chi connectivity index (χ2v) is 22.9. The van der Waals surface area contributed by atoms with E-state index in [1.54, 1.807) is 16.8 Å². The summed E-state index contributed by atoms with van der Waals surface area (Å²) >= 11 is 0. The lowest BCUT2D eigenvalue weighted by molar-refractivity contribution is -0.127. The summed E-state index contributed by atoms with van der Waals surface area (Å²) in [5.74, 6) is 0.423. The van der Waals surface area contributed by atoms with Crippen LogP contribution in [0.25, 0.3) is 5.82 Å². The summed E-state index contributed by atoms with van der Waals surface area (Å²) in [5.41, 5.74) is -1.03. The second-order valence-electron chi connectivity index (χ2n) is 13.4. The molecule has 9 nitrogen and oxygen atoms in total. The van der Waals surface area contributed by atoms with Crippen LogP contribution >= 0.6 is 0 Å². The second kappa shape index (κ2) is 10.5. The van der Waals surface area contributed by atoms with E-state index in [1.807, 2.05) is 0 Å². The van der Waals surface area contributed by atoms with Crippen LogP contribution in [0.3, 0.4) is 0 Å². The maximum atomic E-state index is 13.1. The Hall–Kier alpha value is -1.67. The molecule has 11 heteroatoms. The van der Waals surface area contributed by atoms with Crippen molar-refractivity contribution < 1.29 is 13.6 Å². The summed E-state index contributed by atoms with van der Waals surface area (Å²) < 4.78 is 23.7. The molecule has 0 N–H and O–H groups in total. The van der Waals surface area contributed by atoms with E-state index in [1.165, 1.54) is 17.3 Å². The topological polar surface area (TPSA) is 93.3 Å². The molecule has 0 saturated carbocycles. The first-order valence-electron chi connectivity index (χ1n) is 13.4. The molecule has 2 unspecified atom stereocenters. The van der Waals surface area contributed by atoms with Gasteiger partial charge in [0.1, 0.15) is 24.5 Å². The van der Waals surface area contributed by atoms with Crippen LogP contribution in [0.5, 0.6) is 0 Å². The van der Waals surface area contributed by atoms with Crippen LogP contribution < -0.4 is 5.69 Å². The van der Waals surface area contributed by atoms with Crippen molar-refractivity contribution in [1.82, 2.24) is 24.3 Å². The van der Waals surface area contributed by atoms with Crippen molar-refractivity contribution in [2.24, 2.45) is 0 Å². The summed E-state index contributed by atoms with van der Waals surface area (Å²) in [6.07, 6.45) is 6.26. The lowest BCUT2D eigenvalue weighted by atomic mass is 9.92. The third-order valence-corrected chi connectivity index (χ3v) is 17.5. The van der Waals surface area contributed by atoms with Crippen molar-refractivity contribution in [3.63, 3.8) is 0 Å². The molecule has 37 heavy (non-hydrogen) atoms. The van der Waals surface area contributed by atoms with Gasteiger partial charge in [-0.15, -0.1) is 0 Å². The van der Waals surface area contributed by atoms with Crippen LogP contribution in [-0.4, -0.2) is 59.3 Å². The van der Waals surface area contributed by atoms with Crippen molar-refractivity contribution in [2.75, 3.05) is 6.61 Å². The normalized spacial score (nSPS) is 23.5. The van der Waals surface area contributed by atoms with Gasteiger partial charge in [0.15, 0.2) is 22.5 Å². The first kappa shape index (κ1) is 29.9. The molecule has 208 valence electrons. The van der Waals surface area contributed by atoms with E-state index < -0.39 is 28.5 Å². The maximum Gasteiger partial charge on any atom is 0.351 e. The molecular formula is C26H47N5O4Si2. The van der Waals surface area contributed by atoms with Gasteiger partial charge in [-0.2, -0.15) is 10.1 Å². The molecule has 0 radical (unpaired) electrons. The van der Waals surface area contributed by atoms with Crippen molar-refractivity contribution in [3.8, 4) is 5.82 Å². The smallest absolute Gasteiger partial charge is 0.351 e. The summed E-state index contributed by atoms with van der Waals surface area (Å²) in [6.45, 7) is 25.2. The highest BCUT2D eigenvalue weighted by Gasteiger charge is 2.54. The first-order valence-corrected chi connectivity index (χ1v) is 19.2. The quantitative estimate of drug-likeness (QED) is 0.371. The average molecular weight is 550 g/mol. The molecule has 0 aliphatic carbocycles. The summed E-state index contributed by atoms with van der Waals surface area (Å²) in [4.78, 5) is 21.3. The SMILES string of the molecule is CCCC1(CO[Si](C)(C)C(C)(C)C)O[C@@H](n2ccc(-n3cncn3)nc2=O)CC1O[Si](C)(C)C(C)(C)C. The monoisotopic (exact) mass is 549 g/mol. The van der Waals surface area contributed by atoms with Crippen LogP contribution in [0.4, 0.5) is 0 Å². The predicted molar refractivity (Wildman–Crippen MR) is 151 cm³/mol. The van der Waals surface area contributed by atoms with Gasteiger partial charge in [-0.05, 0) is 48.8 Å². The molecule has 1 aliphatic rings. The fourth-order valence-electron chi connectivity index (χ4n) is 4.09. The number of nitrogens with zero attached hydrogens (tertiary/aromatic N) is 5. The molecule has 0 aromatic carbocycles. The van der Waals surface area contributed by atoms with Crippen LogP contribution in [0.2, 0.25) is 36.3 Å². The van der Waals surface area contributed by atoms with E-state index in [0.29, 0.717) is 18.8 Å². The molecule has 0 bridgehead atoms. The highest BCUT2D eigenvalue weighted by atomic mass is 28.4. The molecular weight excluding hydrogens is 502 g/mol.